The fraction of sp³-hybridized carbons (Fsp3) is 0.368. The van der Waals surface area contributed by atoms with Gasteiger partial charge in [-0.05, 0) is 31.5 Å². The standard InChI is InChI=1S/C19H22N2O5/c1-4-24-19(22)16-12(2)26-18(21)15(11-20)17(16)13-6-5-7-14(10-13)25-9-8-23-3/h5-7,10,17H,4,8-9,21H2,1-3H3. The normalized spacial score (nSPS) is 16.8. The summed E-state index contributed by atoms with van der Waals surface area (Å²) in [6.07, 6.45) is 0. The Morgan fingerprint density at radius 2 is 2.15 bits per heavy atom. The van der Waals surface area contributed by atoms with Crippen LogP contribution in [0.5, 0.6) is 5.75 Å². The van der Waals surface area contributed by atoms with E-state index in [1.165, 1.54) is 0 Å². The third-order valence-electron chi connectivity index (χ3n) is 3.85. The lowest BCUT2D eigenvalue weighted by Crippen LogP contribution is -2.25. The van der Waals surface area contributed by atoms with Crippen molar-refractivity contribution < 1.29 is 23.7 Å². The zero-order valence-electron chi connectivity index (χ0n) is 15.1. The van der Waals surface area contributed by atoms with Crippen molar-refractivity contribution in [1.29, 1.82) is 5.26 Å². The fourth-order valence-electron chi connectivity index (χ4n) is 2.71. The van der Waals surface area contributed by atoms with E-state index in [0.29, 0.717) is 30.3 Å². The zero-order valence-corrected chi connectivity index (χ0v) is 15.1. The lowest BCUT2D eigenvalue weighted by molar-refractivity contribution is -0.139. The van der Waals surface area contributed by atoms with E-state index in [1.54, 1.807) is 45.2 Å². The second kappa shape index (κ2) is 8.92. The third kappa shape index (κ3) is 4.16. The lowest BCUT2D eigenvalue weighted by Gasteiger charge is -2.27. The van der Waals surface area contributed by atoms with E-state index in [4.69, 9.17) is 24.7 Å². The van der Waals surface area contributed by atoms with Crippen molar-refractivity contribution in [2.75, 3.05) is 26.9 Å². The van der Waals surface area contributed by atoms with Crippen LogP contribution in [0.4, 0.5) is 0 Å². The van der Waals surface area contributed by atoms with Crippen LogP contribution in [0.15, 0.2) is 47.1 Å². The van der Waals surface area contributed by atoms with E-state index in [0.717, 1.165) is 0 Å². The molecule has 1 aromatic carbocycles. The number of esters is 1. The molecule has 1 aliphatic rings. The largest absolute Gasteiger partial charge is 0.491 e. The number of nitriles is 1. The van der Waals surface area contributed by atoms with Crippen LogP contribution >= 0.6 is 0 Å². The summed E-state index contributed by atoms with van der Waals surface area (Å²) in [4.78, 5) is 12.5. The van der Waals surface area contributed by atoms with Crippen molar-refractivity contribution in [2.45, 2.75) is 19.8 Å². The molecule has 0 bridgehead atoms. The Morgan fingerprint density at radius 1 is 1.38 bits per heavy atom. The maximum absolute atomic E-state index is 12.5. The molecule has 2 rings (SSSR count). The van der Waals surface area contributed by atoms with Crippen molar-refractivity contribution in [3.05, 3.63) is 52.6 Å². The van der Waals surface area contributed by atoms with Gasteiger partial charge in [0.2, 0.25) is 5.88 Å². The first kappa shape index (κ1) is 19.3. The molecule has 0 amide bonds. The Kier molecular flexibility index (Phi) is 6.64. The molecule has 1 aromatic rings. The Labute approximate surface area is 152 Å². The molecule has 0 saturated heterocycles. The maximum Gasteiger partial charge on any atom is 0.338 e. The SMILES string of the molecule is CCOC(=O)C1=C(C)OC(N)=C(C#N)C1c1cccc(OCCOC)c1. The highest BCUT2D eigenvalue weighted by Gasteiger charge is 2.36. The number of nitrogens with two attached hydrogens (primary N) is 1. The van der Waals surface area contributed by atoms with Gasteiger partial charge in [-0.3, -0.25) is 0 Å². The van der Waals surface area contributed by atoms with Crippen LogP contribution in [0.1, 0.15) is 25.3 Å². The van der Waals surface area contributed by atoms with Gasteiger partial charge in [-0.15, -0.1) is 0 Å². The van der Waals surface area contributed by atoms with E-state index >= 15 is 0 Å². The second-order valence-electron chi connectivity index (χ2n) is 5.53. The van der Waals surface area contributed by atoms with Crippen LogP contribution in [0, 0.1) is 11.3 Å². The molecule has 0 saturated carbocycles. The smallest absolute Gasteiger partial charge is 0.338 e. The average Bonchev–Trinajstić information content (AvgIpc) is 2.61. The summed E-state index contributed by atoms with van der Waals surface area (Å²) in [5.41, 5.74) is 6.98. The van der Waals surface area contributed by atoms with E-state index in [9.17, 15) is 10.1 Å². The summed E-state index contributed by atoms with van der Waals surface area (Å²) in [5, 5.41) is 9.56. The zero-order chi connectivity index (χ0) is 19.1. The summed E-state index contributed by atoms with van der Waals surface area (Å²) < 4.78 is 21.1. The van der Waals surface area contributed by atoms with Crippen molar-refractivity contribution in [2.24, 2.45) is 5.73 Å². The minimum atomic E-state index is -0.682. The summed E-state index contributed by atoms with van der Waals surface area (Å²) >= 11 is 0. The predicted molar refractivity (Wildman–Crippen MR) is 93.8 cm³/mol. The molecule has 138 valence electrons. The summed E-state index contributed by atoms with van der Waals surface area (Å²) in [7, 11) is 1.59. The number of methoxy groups -OCH3 is 1. The Balaban J connectivity index is 2.46. The van der Waals surface area contributed by atoms with E-state index in [-0.39, 0.29) is 23.6 Å². The van der Waals surface area contributed by atoms with Crippen LogP contribution in [0.25, 0.3) is 0 Å². The number of benzene rings is 1. The molecule has 0 fully saturated rings. The molecule has 7 heteroatoms. The summed E-state index contributed by atoms with van der Waals surface area (Å²) in [6, 6.07) is 9.19. The first-order valence-electron chi connectivity index (χ1n) is 8.20. The molecule has 0 radical (unpaired) electrons. The van der Waals surface area contributed by atoms with Crippen LogP contribution in [-0.4, -0.2) is 32.9 Å². The monoisotopic (exact) mass is 358 g/mol. The van der Waals surface area contributed by atoms with Gasteiger partial charge in [0, 0.05) is 7.11 Å². The molecule has 0 aliphatic carbocycles. The number of hydrogen-bond donors (Lipinski definition) is 1. The molecular formula is C19H22N2O5. The van der Waals surface area contributed by atoms with Gasteiger partial charge in [0.15, 0.2) is 0 Å². The van der Waals surface area contributed by atoms with Crippen LogP contribution in [-0.2, 0) is 19.0 Å². The molecule has 7 nitrogen and oxygen atoms in total. The number of allylic oxidation sites excluding steroid dienone is 2. The predicted octanol–water partition coefficient (Wildman–Crippen LogP) is 2.36. The molecule has 1 aliphatic heterocycles. The van der Waals surface area contributed by atoms with Gasteiger partial charge in [-0.2, -0.15) is 5.26 Å². The van der Waals surface area contributed by atoms with Crippen LogP contribution in [0.3, 0.4) is 0 Å². The van der Waals surface area contributed by atoms with Crippen molar-refractivity contribution >= 4 is 5.97 Å². The second-order valence-corrected chi connectivity index (χ2v) is 5.53. The van der Waals surface area contributed by atoms with Crippen molar-refractivity contribution in [3.8, 4) is 11.8 Å². The van der Waals surface area contributed by atoms with Crippen LogP contribution in [0.2, 0.25) is 0 Å². The molecule has 1 atom stereocenters. The first-order chi connectivity index (χ1) is 12.5. The number of carbonyl (C=O) groups is 1. The molecule has 0 spiro atoms. The number of hydrogen-bond acceptors (Lipinski definition) is 7. The highest BCUT2D eigenvalue weighted by molar-refractivity contribution is 5.92. The summed E-state index contributed by atoms with van der Waals surface area (Å²) in [5.74, 6) is -0.327. The molecule has 1 unspecified atom stereocenters. The molecule has 26 heavy (non-hydrogen) atoms. The average molecular weight is 358 g/mol. The Bertz CT molecular complexity index is 776. The van der Waals surface area contributed by atoms with E-state index < -0.39 is 11.9 Å². The van der Waals surface area contributed by atoms with Crippen LogP contribution < -0.4 is 10.5 Å². The van der Waals surface area contributed by atoms with Crippen molar-refractivity contribution in [3.63, 3.8) is 0 Å². The van der Waals surface area contributed by atoms with Gasteiger partial charge >= 0.3 is 5.97 Å². The van der Waals surface area contributed by atoms with Gasteiger partial charge in [-0.1, -0.05) is 12.1 Å². The molecular weight excluding hydrogens is 336 g/mol. The highest BCUT2D eigenvalue weighted by atomic mass is 16.5. The van der Waals surface area contributed by atoms with Gasteiger partial charge in [0.25, 0.3) is 0 Å². The number of rotatable bonds is 7. The quantitative estimate of drug-likeness (QED) is 0.589. The molecule has 2 N–H and O–H groups in total. The number of ether oxygens (including phenoxy) is 4. The minimum absolute atomic E-state index is 0.0197. The van der Waals surface area contributed by atoms with Gasteiger partial charge in [0.1, 0.15) is 29.8 Å². The number of carbonyl (C=O) groups excluding carboxylic acids is 1. The Morgan fingerprint density at radius 3 is 2.81 bits per heavy atom. The van der Waals surface area contributed by atoms with Gasteiger partial charge in [0.05, 0.1) is 24.7 Å². The highest BCUT2D eigenvalue weighted by Crippen LogP contribution is 2.40. The topological polar surface area (TPSA) is 104 Å². The number of nitrogens with zero attached hydrogens (tertiary/aromatic N) is 1. The summed E-state index contributed by atoms with van der Waals surface area (Å²) in [6.45, 7) is 4.39. The first-order valence-corrected chi connectivity index (χ1v) is 8.20. The third-order valence-corrected chi connectivity index (χ3v) is 3.85. The van der Waals surface area contributed by atoms with E-state index in [2.05, 4.69) is 0 Å². The minimum Gasteiger partial charge on any atom is -0.491 e. The Hall–Kier alpha value is -2.98. The fourth-order valence-corrected chi connectivity index (χ4v) is 2.71. The van der Waals surface area contributed by atoms with Gasteiger partial charge in [-0.25, -0.2) is 4.79 Å². The van der Waals surface area contributed by atoms with Gasteiger partial charge < -0.3 is 24.7 Å². The maximum atomic E-state index is 12.5. The molecule has 1 heterocycles. The molecule has 0 aromatic heterocycles. The van der Waals surface area contributed by atoms with E-state index in [1.807, 2.05) is 6.07 Å². The lowest BCUT2D eigenvalue weighted by atomic mass is 9.83. The van der Waals surface area contributed by atoms with Crippen molar-refractivity contribution in [1.82, 2.24) is 0 Å².